The van der Waals surface area contributed by atoms with E-state index in [2.05, 4.69) is 39.7 Å². The number of para-hydroxylation sites is 2. The molecule has 2 heterocycles. The van der Waals surface area contributed by atoms with Gasteiger partial charge in [-0.05, 0) is 36.9 Å². The van der Waals surface area contributed by atoms with Crippen LogP contribution in [0.1, 0.15) is 17.5 Å². The fourth-order valence-electron chi connectivity index (χ4n) is 2.16. The van der Waals surface area contributed by atoms with Crippen molar-refractivity contribution in [3.8, 4) is 0 Å². The van der Waals surface area contributed by atoms with Crippen molar-refractivity contribution in [2.75, 3.05) is 0 Å². The van der Waals surface area contributed by atoms with Gasteiger partial charge in [0.05, 0.1) is 22.9 Å². The molecule has 102 valence electrons. The van der Waals surface area contributed by atoms with Crippen molar-refractivity contribution in [3.63, 3.8) is 0 Å². The third kappa shape index (κ3) is 3.21. The SMILES string of the molecule is CC(Cc1cccs1)NCc1cnc2ccccc2n1. The molecule has 0 fully saturated rings. The van der Waals surface area contributed by atoms with Gasteiger partial charge in [0.1, 0.15) is 0 Å². The summed E-state index contributed by atoms with van der Waals surface area (Å²) in [6, 6.07) is 12.7. The summed E-state index contributed by atoms with van der Waals surface area (Å²) >= 11 is 1.81. The van der Waals surface area contributed by atoms with Crippen LogP contribution in [0, 0.1) is 0 Å². The molecule has 0 saturated carbocycles. The van der Waals surface area contributed by atoms with E-state index in [1.165, 1.54) is 4.88 Å². The lowest BCUT2D eigenvalue weighted by Gasteiger charge is -2.12. The molecule has 1 atom stereocenters. The minimum absolute atomic E-state index is 0.432. The maximum absolute atomic E-state index is 4.62. The molecule has 3 nitrogen and oxygen atoms in total. The largest absolute Gasteiger partial charge is 0.308 e. The monoisotopic (exact) mass is 283 g/mol. The fraction of sp³-hybridized carbons (Fsp3) is 0.250. The van der Waals surface area contributed by atoms with E-state index in [-0.39, 0.29) is 0 Å². The zero-order valence-corrected chi connectivity index (χ0v) is 12.2. The van der Waals surface area contributed by atoms with Gasteiger partial charge in [0.15, 0.2) is 0 Å². The Kier molecular flexibility index (Phi) is 4.04. The highest BCUT2D eigenvalue weighted by Gasteiger charge is 2.05. The van der Waals surface area contributed by atoms with Crippen LogP contribution in [0.4, 0.5) is 0 Å². The van der Waals surface area contributed by atoms with Gasteiger partial charge in [0.25, 0.3) is 0 Å². The van der Waals surface area contributed by atoms with Crippen molar-refractivity contribution in [3.05, 3.63) is 58.5 Å². The van der Waals surface area contributed by atoms with Crippen LogP contribution in [0.15, 0.2) is 48.0 Å². The molecule has 0 amide bonds. The molecule has 2 aromatic heterocycles. The highest BCUT2D eigenvalue weighted by molar-refractivity contribution is 7.09. The molecule has 0 bridgehead atoms. The Bertz CT molecular complexity index is 679. The first-order valence-corrected chi connectivity index (χ1v) is 7.65. The average molecular weight is 283 g/mol. The maximum Gasteiger partial charge on any atom is 0.0890 e. The number of fused-ring (bicyclic) bond motifs is 1. The van der Waals surface area contributed by atoms with Gasteiger partial charge < -0.3 is 5.32 Å². The van der Waals surface area contributed by atoms with Crippen molar-refractivity contribution in [1.82, 2.24) is 15.3 Å². The summed E-state index contributed by atoms with van der Waals surface area (Å²) in [5.41, 5.74) is 2.89. The van der Waals surface area contributed by atoms with Crippen LogP contribution in [0.5, 0.6) is 0 Å². The highest BCUT2D eigenvalue weighted by atomic mass is 32.1. The van der Waals surface area contributed by atoms with Gasteiger partial charge in [-0.15, -0.1) is 11.3 Å². The third-order valence-corrected chi connectivity index (χ3v) is 4.12. The van der Waals surface area contributed by atoms with Gasteiger partial charge in [-0.25, -0.2) is 4.98 Å². The Morgan fingerprint density at radius 1 is 1.15 bits per heavy atom. The van der Waals surface area contributed by atoms with Crippen molar-refractivity contribution in [2.24, 2.45) is 0 Å². The first-order valence-electron chi connectivity index (χ1n) is 6.78. The van der Waals surface area contributed by atoms with Crippen LogP contribution in [-0.2, 0) is 13.0 Å². The van der Waals surface area contributed by atoms with Crippen LogP contribution in [0.2, 0.25) is 0 Å². The van der Waals surface area contributed by atoms with E-state index in [4.69, 9.17) is 0 Å². The van der Waals surface area contributed by atoms with E-state index in [0.29, 0.717) is 6.04 Å². The molecular weight excluding hydrogens is 266 g/mol. The highest BCUT2D eigenvalue weighted by Crippen LogP contribution is 2.12. The Hall–Kier alpha value is -1.78. The number of rotatable bonds is 5. The summed E-state index contributed by atoms with van der Waals surface area (Å²) in [7, 11) is 0. The number of thiophene rings is 1. The van der Waals surface area contributed by atoms with Gasteiger partial charge in [-0.1, -0.05) is 18.2 Å². The van der Waals surface area contributed by atoms with Crippen molar-refractivity contribution in [1.29, 1.82) is 0 Å². The lowest BCUT2D eigenvalue weighted by molar-refractivity contribution is 0.543. The van der Waals surface area contributed by atoms with Crippen LogP contribution in [-0.4, -0.2) is 16.0 Å². The van der Waals surface area contributed by atoms with E-state index in [1.54, 1.807) is 11.3 Å². The second-order valence-electron chi connectivity index (χ2n) is 4.92. The van der Waals surface area contributed by atoms with Crippen LogP contribution in [0.25, 0.3) is 11.0 Å². The standard InChI is InChI=1S/C16H17N3S/c1-12(9-14-5-4-8-20-14)17-10-13-11-18-15-6-2-3-7-16(15)19-13/h2-8,11-12,17H,9-10H2,1H3. The Morgan fingerprint density at radius 3 is 2.80 bits per heavy atom. The first-order chi connectivity index (χ1) is 9.81. The Labute approximate surface area is 122 Å². The van der Waals surface area contributed by atoms with Crippen LogP contribution < -0.4 is 5.32 Å². The number of aromatic nitrogens is 2. The normalized spacial score (nSPS) is 12.7. The molecule has 1 unspecified atom stereocenters. The minimum Gasteiger partial charge on any atom is -0.308 e. The van der Waals surface area contributed by atoms with E-state index < -0.39 is 0 Å². The summed E-state index contributed by atoms with van der Waals surface area (Å²) in [6.45, 7) is 2.96. The maximum atomic E-state index is 4.62. The summed E-state index contributed by atoms with van der Waals surface area (Å²) in [5, 5.41) is 5.63. The van der Waals surface area contributed by atoms with Gasteiger partial charge in [0, 0.05) is 17.5 Å². The third-order valence-electron chi connectivity index (χ3n) is 3.22. The zero-order chi connectivity index (χ0) is 13.8. The van der Waals surface area contributed by atoms with Crippen molar-refractivity contribution < 1.29 is 0 Å². The fourth-order valence-corrected chi connectivity index (χ4v) is 3.00. The minimum atomic E-state index is 0.432. The molecule has 0 aliphatic carbocycles. The average Bonchev–Trinajstić information content (AvgIpc) is 2.98. The molecule has 1 N–H and O–H groups in total. The molecule has 0 aliphatic rings. The summed E-state index contributed by atoms with van der Waals surface area (Å²) in [4.78, 5) is 10.5. The second kappa shape index (κ2) is 6.11. The number of nitrogens with zero attached hydrogens (tertiary/aromatic N) is 2. The van der Waals surface area contributed by atoms with E-state index in [1.807, 2.05) is 30.5 Å². The molecule has 1 aromatic carbocycles. The Morgan fingerprint density at radius 2 is 2.00 bits per heavy atom. The van der Waals surface area contributed by atoms with Crippen LogP contribution >= 0.6 is 11.3 Å². The molecule has 3 aromatic rings. The van der Waals surface area contributed by atoms with Gasteiger partial charge >= 0.3 is 0 Å². The molecule has 4 heteroatoms. The molecule has 0 spiro atoms. The predicted octanol–water partition coefficient (Wildman–Crippen LogP) is 3.41. The predicted molar refractivity (Wildman–Crippen MR) is 83.9 cm³/mol. The summed E-state index contributed by atoms with van der Waals surface area (Å²) in [6.07, 6.45) is 2.91. The summed E-state index contributed by atoms with van der Waals surface area (Å²) in [5.74, 6) is 0. The molecule has 20 heavy (non-hydrogen) atoms. The molecule has 0 radical (unpaired) electrons. The summed E-state index contributed by atoms with van der Waals surface area (Å²) < 4.78 is 0. The first kappa shape index (κ1) is 13.2. The van der Waals surface area contributed by atoms with E-state index in [0.717, 1.165) is 29.7 Å². The Balaban J connectivity index is 1.61. The zero-order valence-electron chi connectivity index (χ0n) is 11.4. The topological polar surface area (TPSA) is 37.8 Å². The van der Waals surface area contributed by atoms with Gasteiger partial charge in [0.2, 0.25) is 0 Å². The lowest BCUT2D eigenvalue weighted by Crippen LogP contribution is -2.27. The van der Waals surface area contributed by atoms with Gasteiger partial charge in [-0.3, -0.25) is 4.98 Å². The number of hydrogen-bond donors (Lipinski definition) is 1. The molecule has 0 aliphatic heterocycles. The number of nitrogens with one attached hydrogen (secondary N) is 1. The van der Waals surface area contributed by atoms with Crippen molar-refractivity contribution >= 4 is 22.4 Å². The van der Waals surface area contributed by atoms with E-state index in [9.17, 15) is 0 Å². The van der Waals surface area contributed by atoms with Crippen molar-refractivity contribution in [2.45, 2.75) is 25.9 Å². The quantitative estimate of drug-likeness (QED) is 0.779. The van der Waals surface area contributed by atoms with E-state index >= 15 is 0 Å². The number of hydrogen-bond acceptors (Lipinski definition) is 4. The van der Waals surface area contributed by atoms with Crippen LogP contribution in [0.3, 0.4) is 0 Å². The molecule has 3 rings (SSSR count). The lowest BCUT2D eigenvalue weighted by atomic mass is 10.2. The molecule has 0 saturated heterocycles. The second-order valence-corrected chi connectivity index (χ2v) is 5.95. The molecular formula is C16H17N3S. The number of benzene rings is 1. The van der Waals surface area contributed by atoms with Gasteiger partial charge in [-0.2, -0.15) is 0 Å². The smallest absolute Gasteiger partial charge is 0.0890 e.